The van der Waals surface area contributed by atoms with E-state index >= 15 is 0 Å². The summed E-state index contributed by atoms with van der Waals surface area (Å²) >= 11 is 0. The van der Waals surface area contributed by atoms with Crippen molar-refractivity contribution in [2.24, 2.45) is 5.92 Å². The van der Waals surface area contributed by atoms with E-state index in [4.69, 9.17) is 9.47 Å². The molecule has 128 valence electrons. The van der Waals surface area contributed by atoms with Gasteiger partial charge in [-0.25, -0.2) is 4.79 Å². The summed E-state index contributed by atoms with van der Waals surface area (Å²) in [5.74, 6) is -0.181. The molecule has 1 atom stereocenters. The molecule has 0 saturated carbocycles. The molecular formula is C17H25NO5. The molecule has 0 aromatic heterocycles. The number of benzene rings is 1. The molecule has 0 saturated heterocycles. The number of amides is 1. The van der Waals surface area contributed by atoms with Crippen LogP contribution in [0.1, 0.15) is 34.1 Å². The molecule has 6 heteroatoms. The fraction of sp³-hybridized carbons (Fsp3) is 0.529. The van der Waals surface area contributed by atoms with E-state index in [1.807, 2.05) is 13.8 Å². The van der Waals surface area contributed by atoms with E-state index < -0.39 is 23.5 Å². The topological polar surface area (TPSA) is 84.9 Å². The first-order valence-corrected chi connectivity index (χ1v) is 7.52. The zero-order chi connectivity index (χ0) is 17.6. The fourth-order valence-electron chi connectivity index (χ4n) is 2.01. The van der Waals surface area contributed by atoms with Crippen molar-refractivity contribution >= 4 is 11.9 Å². The average molecular weight is 323 g/mol. The van der Waals surface area contributed by atoms with E-state index in [2.05, 4.69) is 5.32 Å². The van der Waals surface area contributed by atoms with Gasteiger partial charge in [0.15, 0.2) is 5.60 Å². The average Bonchev–Trinajstić information content (AvgIpc) is 2.46. The van der Waals surface area contributed by atoms with Crippen LogP contribution in [0.5, 0.6) is 11.5 Å². The number of carboxylic acid groups (broad SMARTS) is 1. The minimum absolute atomic E-state index is 0.155. The third kappa shape index (κ3) is 5.81. The third-order valence-electron chi connectivity index (χ3n) is 3.29. The summed E-state index contributed by atoms with van der Waals surface area (Å²) in [6, 6.07) is 5.90. The molecule has 0 heterocycles. The first kappa shape index (κ1) is 18.8. The zero-order valence-electron chi connectivity index (χ0n) is 14.3. The van der Waals surface area contributed by atoms with E-state index in [0.29, 0.717) is 17.9 Å². The van der Waals surface area contributed by atoms with Gasteiger partial charge < -0.3 is 19.9 Å². The standard InChI is InChI=1S/C17H25NO5/c1-11(2)10-14(15(19)20)18-16(21)17(3,4)23-13-8-6-12(22-5)7-9-13/h6-9,11,14H,10H2,1-5H3,(H,18,21)(H,19,20). The minimum Gasteiger partial charge on any atom is -0.497 e. The number of methoxy groups -OCH3 is 1. The van der Waals surface area contributed by atoms with E-state index in [1.165, 1.54) is 0 Å². The number of rotatable bonds is 8. The fourth-order valence-corrected chi connectivity index (χ4v) is 2.01. The highest BCUT2D eigenvalue weighted by Crippen LogP contribution is 2.22. The molecule has 1 aromatic carbocycles. The van der Waals surface area contributed by atoms with Gasteiger partial charge in [0.2, 0.25) is 0 Å². The van der Waals surface area contributed by atoms with E-state index in [9.17, 15) is 14.7 Å². The second-order valence-corrected chi connectivity index (χ2v) is 6.28. The molecule has 2 N–H and O–H groups in total. The van der Waals surface area contributed by atoms with Crippen LogP contribution in [0.3, 0.4) is 0 Å². The maximum absolute atomic E-state index is 12.4. The highest BCUT2D eigenvalue weighted by molar-refractivity contribution is 5.89. The predicted molar refractivity (Wildman–Crippen MR) is 86.7 cm³/mol. The minimum atomic E-state index is -1.20. The van der Waals surface area contributed by atoms with Crippen molar-refractivity contribution in [3.8, 4) is 11.5 Å². The van der Waals surface area contributed by atoms with Gasteiger partial charge in [0.05, 0.1) is 7.11 Å². The second kappa shape index (κ2) is 7.85. The van der Waals surface area contributed by atoms with Gasteiger partial charge in [-0.05, 0) is 50.5 Å². The lowest BCUT2D eigenvalue weighted by atomic mass is 10.0. The molecule has 0 radical (unpaired) electrons. The van der Waals surface area contributed by atoms with Crippen LogP contribution in [-0.2, 0) is 9.59 Å². The molecule has 0 bridgehead atoms. The van der Waals surface area contributed by atoms with Crippen LogP contribution in [0.2, 0.25) is 0 Å². The van der Waals surface area contributed by atoms with Crippen molar-refractivity contribution in [1.29, 1.82) is 0 Å². The summed E-state index contributed by atoms with van der Waals surface area (Å²) in [4.78, 5) is 23.6. The first-order valence-electron chi connectivity index (χ1n) is 7.52. The third-order valence-corrected chi connectivity index (χ3v) is 3.29. The summed E-state index contributed by atoms with van der Waals surface area (Å²) in [5.41, 5.74) is -1.20. The number of aliphatic carboxylic acids is 1. The lowest BCUT2D eigenvalue weighted by Crippen LogP contribution is -2.52. The van der Waals surface area contributed by atoms with E-state index in [1.54, 1.807) is 45.2 Å². The first-order chi connectivity index (χ1) is 10.7. The Balaban J connectivity index is 2.76. The molecule has 6 nitrogen and oxygen atoms in total. The smallest absolute Gasteiger partial charge is 0.326 e. The van der Waals surface area contributed by atoms with Crippen molar-refractivity contribution in [3.63, 3.8) is 0 Å². The molecule has 1 aromatic rings. The predicted octanol–water partition coefficient (Wildman–Crippen LogP) is 2.47. The van der Waals surface area contributed by atoms with E-state index in [0.717, 1.165) is 0 Å². The summed E-state index contributed by atoms with van der Waals surface area (Å²) in [5, 5.41) is 11.8. The summed E-state index contributed by atoms with van der Waals surface area (Å²) < 4.78 is 10.8. The number of hydrogen-bond donors (Lipinski definition) is 2. The lowest BCUT2D eigenvalue weighted by molar-refractivity contribution is -0.145. The van der Waals surface area contributed by atoms with Gasteiger partial charge in [0.25, 0.3) is 5.91 Å². The van der Waals surface area contributed by atoms with Crippen LogP contribution in [0, 0.1) is 5.92 Å². The van der Waals surface area contributed by atoms with Gasteiger partial charge in [0.1, 0.15) is 17.5 Å². The lowest BCUT2D eigenvalue weighted by Gasteiger charge is -2.27. The van der Waals surface area contributed by atoms with Crippen LogP contribution < -0.4 is 14.8 Å². The van der Waals surface area contributed by atoms with Crippen molar-refractivity contribution in [2.75, 3.05) is 7.11 Å². The summed E-state index contributed by atoms with van der Waals surface area (Å²) in [6.07, 6.45) is 0.361. The molecule has 1 unspecified atom stereocenters. The maximum Gasteiger partial charge on any atom is 0.326 e. The number of carboxylic acids is 1. The zero-order valence-corrected chi connectivity index (χ0v) is 14.3. The van der Waals surface area contributed by atoms with Gasteiger partial charge in [-0.3, -0.25) is 4.79 Å². The Labute approximate surface area is 136 Å². The molecule has 0 aliphatic heterocycles. The number of nitrogens with one attached hydrogen (secondary N) is 1. The van der Waals surface area contributed by atoms with Crippen molar-refractivity contribution in [1.82, 2.24) is 5.32 Å². The SMILES string of the molecule is COc1ccc(OC(C)(C)C(=O)NC(CC(C)C)C(=O)O)cc1. The summed E-state index contributed by atoms with van der Waals surface area (Å²) in [7, 11) is 1.56. The van der Waals surface area contributed by atoms with Crippen LogP contribution in [0.4, 0.5) is 0 Å². The molecule has 0 spiro atoms. The van der Waals surface area contributed by atoms with Gasteiger partial charge in [-0.15, -0.1) is 0 Å². The van der Waals surface area contributed by atoms with Gasteiger partial charge in [-0.2, -0.15) is 0 Å². The highest BCUT2D eigenvalue weighted by Gasteiger charge is 2.33. The Hall–Kier alpha value is -2.24. The van der Waals surface area contributed by atoms with Crippen molar-refractivity contribution in [3.05, 3.63) is 24.3 Å². The Morgan fingerprint density at radius 2 is 1.70 bits per heavy atom. The Bertz CT molecular complexity index is 536. The largest absolute Gasteiger partial charge is 0.497 e. The second-order valence-electron chi connectivity index (χ2n) is 6.28. The van der Waals surface area contributed by atoms with Crippen molar-refractivity contribution in [2.45, 2.75) is 45.8 Å². The molecule has 0 fully saturated rings. The van der Waals surface area contributed by atoms with Gasteiger partial charge >= 0.3 is 5.97 Å². The van der Waals surface area contributed by atoms with Crippen LogP contribution in [0.25, 0.3) is 0 Å². The molecular weight excluding hydrogens is 298 g/mol. The van der Waals surface area contributed by atoms with Crippen LogP contribution >= 0.6 is 0 Å². The van der Waals surface area contributed by atoms with Crippen LogP contribution in [-0.4, -0.2) is 35.7 Å². The Morgan fingerprint density at radius 3 is 2.13 bits per heavy atom. The quantitative estimate of drug-likeness (QED) is 0.767. The Morgan fingerprint density at radius 1 is 1.17 bits per heavy atom. The normalized spacial score (nSPS) is 12.6. The Kier molecular flexibility index (Phi) is 6.42. The number of carbonyl (C=O) groups is 2. The molecule has 1 rings (SSSR count). The molecule has 23 heavy (non-hydrogen) atoms. The van der Waals surface area contributed by atoms with Crippen molar-refractivity contribution < 1.29 is 24.2 Å². The maximum atomic E-state index is 12.4. The van der Waals surface area contributed by atoms with Gasteiger partial charge in [-0.1, -0.05) is 13.8 Å². The molecule has 0 aliphatic carbocycles. The highest BCUT2D eigenvalue weighted by atomic mass is 16.5. The van der Waals surface area contributed by atoms with E-state index in [-0.39, 0.29) is 5.92 Å². The molecule has 0 aliphatic rings. The summed E-state index contributed by atoms with van der Waals surface area (Å²) in [6.45, 7) is 7.00. The van der Waals surface area contributed by atoms with Crippen LogP contribution in [0.15, 0.2) is 24.3 Å². The van der Waals surface area contributed by atoms with Gasteiger partial charge in [0, 0.05) is 0 Å². The molecule has 1 amide bonds. The number of ether oxygens (including phenoxy) is 2. The number of hydrogen-bond acceptors (Lipinski definition) is 4. The number of carbonyl (C=O) groups excluding carboxylic acids is 1. The monoisotopic (exact) mass is 323 g/mol.